The van der Waals surface area contributed by atoms with E-state index in [1.807, 2.05) is 60.7 Å². The Balaban J connectivity index is 1.55. The Bertz CT molecular complexity index is 889. The SMILES string of the molecule is COc1ccc([C@@H]2C=C(c3ccccc3)NN2C(=O)COC(=O)C2CC2)cc1. The Morgan fingerprint density at radius 2 is 1.79 bits per heavy atom. The lowest BCUT2D eigenvalue weighted by molar-refractivity contribution is -0.154. The average Bonchev–Trinajstić information content (AvgIpc) is 3.51. The van der Waals surface area contributed by atoms with Gasteiger partial charge in [0, 0.05) is 0 Å². The van der Waals surface area contributed by atoms with E-state index >= 15 is 0 Å². The summed E-state index contributed by atoms with van der Waals surface area (Å²) in [6.07, 6.45) is 3.70. The molecule has 28 heavy (non-hydrogen) atoms. The van der Waals surface area contributed by atoms with E-state index in [1.54, 1.807) is 7.11 Å². The molecule has 0 spiro atoms. The second kappa shape index (κ2) is 7.76. The minimum Gasteiger partial charge on any atom is -0.497 e. The van der Waals surface area contributed by atoms with Gasteiger partial charge in [-0.2, -0.15) is 0 Å². The molecule has 0 bridgehead atoms. The summed E-state index contributed by atoms with van der Waals surface area (Å²) >= 11 is 0. The van der Waals surface area contributed by atoms with Crippen molar-refractivity contribution in [1.29, 1.82) is 0 Å². The number of carbonyl (C=O) groups excluding carboxylic acids is 2. The lowest BCUT2D eigenvalue weighted by atomic mass is 10.0. The smallest absolute Gasteiger partial charge is 0.309 e. The molecule has 6 nitrogen and oxygen atoms in total. The van der Waals surface area contributed by atoms with Crippen LogP contribution in [0.15, 0.2) is 60.7 Å². The number of hydrogen-bond donors (Lipinski definition) is 1. The molecule has 2 aromatic rings. The Morgan fingerprint density at radius 3 is 2.43 bits per heavy atom. The molecule has 0 radical (unpaired) electrons. The number of carbonyl (C=O) groups is 2. The predicted molar refractivity (Wildman–Crippen MR) is 104 cm³/mol. The standard InChI is InChI=1S/C22H22N2O4/c1-27-18-11-9-16(10-12-18)20-13-19(15-5-3-2-4-6-15)23-24(20)21(25)14-28-22(26)17-7-8-17/h2-6,9-13,17,20,23H,7-8,14H2,1H3/t20-/m0/s1. The maximum absolute atomic E-state index is 12.8. The third kappa shape index (κ3) is 3.86. The van der Waals surface area contributed by atoms with Gasteiger partial charge in [-0.3, -0.25) is 15.0 Å². The second-order valence-electron chi connectivity index (χ2n) is 6.92. The summed E-state index contributed by atoms with van der Waals surface area (Å²) in [7, 11) is 1.61. The molecular formula is C22H22N2O4. The molecule has 0 unspecified atom stereocenters. The number of ether oxygens (including phenoxy) is 2. The van der Waals surface area contributed by atoms with Crippen molar-refractivity contribution in [3.05, 3.63) is 71.8 Å². The molecule has 0 aromatic heterocycles. The molecule has 1 fully saturated rings. The van der Waals surface area contributed by atoms with Crippen molar-refractivity contribution in [2.24, 2.45) is 5.92 Å². The minimum atomic E-state index is -0.312. The Labute approximate surface area is 163 Å². The van der Waals surface area contributed by atoms with Crippen LogP contribution in [0.1, 0.15) is 30.0 Å². The van der Waals surface area contributed by atoms with Gasteiger partial charge in [0.05, 0.1) is 24.8 Å². The van der Waals surface area contributed by atoms with Crippen LogP contribution in [0.5, 0.6) is 5.75 Å². The second-order valence-corrected chi connectivity index (χ2v) is 6.92. The van der Waals surface area contributed by atoms with Gasteiger partial charge in [0.2, 0.25) is 0 Å². The van der Waals surface area contributed by atoms with Crippen molar-refractivity contribution in [2.45, 2.75) is 18.9 Å². The minimum absolute atomic E-state index is 0.0327. The van der Waals surface area contributed by atoms with Crippen LogP contribution in [-0.4, -0.2) is 30.6 Å². The summed E-state index contributed by atoms with van der Waals surface area (Å²) in [5.74, 6) is 0.134. The number of methoxy groups -OCH3 is 1. The molecule has 2 aliphatic rings. The molecule has 1 amide bonds. The summed E-state index contributed by atoms with van der Waals surface area (Å²) in [4.78, 5) is 24.6. The predicted octanol–water partition coefficient (Wildman–Crippen LogP) is 3.08. The highest BCUT2D eigenvalue weighted by Gasteiger charge is 2.34. The lowest BCUT2D eigenvalue weighted by Crippen LogP contribution is -2.42. The molecule has 1 saturated carbocycles. The lowest BCUT2D eigenvalue weighted by Gasteiger charge is -2.25. The molecule has 0 saturated heterocycles. The van der Waals surface area contributed by atoms with Crippen LogP contribution >= 0.6 is 0 Å². The van der Waals surface area contributed by atoms with Gasteiger partial charge in [0.25, 0.3) is 5.91 Å². The first-order valence-electron chi connectivity index (χ1n) is 9.32. The molecule has 1 heterocycles. The highest BCUT2D eigenvalue weighted by atomic mass is 16.5. The first-order chi connectivity index (χ1) is 13.7. The van der Waals surface area contributed by atoms with Crippen LogP contribution in [-0.2, 0) is 14.3 Å². The summed E-state index contributed by atoms with van der Waals surface area (Å²) < 4.78 is 10.4. The van der Waals surface area contributed by atoms with Gasteiger partial charge >= 0.3 is 5.97 Å². The zero-order chi connectivity index (χ0) is 19.5. The number of nitrogens with zero attached hydrogens (tertiary/aromatic N) is 1. The third-order valence-electron chi connectivity index (χ3n) is 4.90. The number of hydrogen-bond acceptors (Lipinski definition) is 5. The zero-order valence-electron chi connectivity index (χ0n) is 15.6. The van der Waals surface area contributed by atoms with Crippen LogP contribution < -0.4 is 10.2 Å². The summed E-state index contributed by atoms with van der Waals surface area (Å²) in [5.41, 5.74) is 5.92. The van der Waals surface area contributed by atoms with Crippen molar-refractivity contribution in [1.82, 2.24) is 10.4 Å². The molecule has 144 valence electrons. The van der Waals surface area contributed by atoms with Crippen LogP contribution in [0.25, 0.3) is 5.70 Å². The summed E-state index contributed by atoms with van der Waals surface area (Å²) in [6.45, 7) is -0.273. The molecule has 6 heteroatoms. The van der Waals surface area contributed by atoms with Crippen molar-refractivity contribution < 1.29 is 19.1 Å². The number of hydrazine groups is 1. The van der Waals surface area contributed by atoms with E-state index in [1.165, 1.54) is 5.01 Å². The van der Waals surface area contributed by atoms with E-state index < -0.39 is 0 Å². The maximum atomic E-state index is 12.8. The molecule has 4 rings (SSSR count). The van der Waals surface area contributed by atoms with E-state index in [2.05, 4.69) is 5.43 Å². The maximum Gasteiger partial charge on any atom is 0.309 e. The Morgan fingerprint density at radius 1 is 1.07 bits per heavy atom. The third-order valence-corrected chi connectivity index (χ3v) is 4.90. The monoisotopic (exact) mass is 378 g/mol. The van der Waals surface area contributed by atoms with E-state index in [0.717, 1.165) is 35.4 Å². The molecule has 1 aliphatic carbocycles. The largest absolute Gasteiger partial charge is 0.497 e. The van der Waals surface area contributed by atoms with E-state index in [-0.39, 0.29) is 30.4 Å². The topological polar surface area (TPSA) is 67.9 Å². The van der Waals surface area contributed by atoms with E-state index in [9.17, 15) is 9.59 Å². The van der Waals surface area contributed by atoms with Crippen LogP contribution in [0.4, 0.5) is 0 Å². The highest BCUT2D eigenvalue weighted by Crippen LogP contribution is 2.33. The first-order valence-corrected chi connectivity index (χ1v) is 9.32. The highest BCUT2D eigenvalue weighted by molar-refractivity contribution is 5.84. The molecule has 1 N–H and O–H groups in total. The van der Waals surface area contributed by atoms with Gasteiger partial charge in [-0.15, -0.1) is 0 Å². The molecule has 1 atom stereocenters. The van der Waals surface area contributed by atoms with Gasteiger partial charge in [-0.1, -0.05) is 42.5 Å². The number of nitrogens with one attached hydrogen (secondary N) is 1. The molecule has 2 aromatic carbocycles. The quantitative estimate of drug-likeness (QED) is 0.783. The van der Waals surface area contributed by atoms with Crippen molar-refractivity contribution >= 4 is 17.6 Å². The Kier molecular flexibility index (Phi) is 5.02. The summed E-state index contributed by atoms with van der Waals surface area (Å²) in [5, 5.41) is 1.52. The van der Waals surface area contributed by atoms with Crippen LogP contribution in [0, 0.1) is 5.92 Å². The normalized spacial score (nSPS) is 18.2. The van der Waals surface area contributed by atoms with Gasteiger partial charge in [-0.05, 0) is 42.2 Å². The fraction of sp³-hybridized carbons (Fsp3) is 0.273. The van der Waals surface area contributed by atoms with Crippen LogP contribution in [0.2, 0.25) is 0 Å². The zero-order valence-corrected chi connectivity index (χ0v) is 15.6. The van der Waals surface area contributed by atoms with Gasteiger partial charge in [0.15, 0.2) is 6.61 Å². The van der Waals surface area contributed by atoms with Gasteiger partial charge in [-0.25, -0.2) is 5.01 Å². The first kappa shape index (κ1) is 18.1. The number of esters is 1. The number of rotatable bonds is 6. The van der Waals surface area contributed by atoms with E-state index in [0.29, 0.717) is 0 Å². The fourth-order valence-electron chi connectivity index (χ4n) is 3.15. The summed E-state index contributed by atoms with van der Waals surface area (Å²) in [6, 6.07) is 17.0. The van der Waals surface area contributed by atoms with Crippen molar-refractivity contribution in [2.75, 3.05) is 13.7 Å². The molecular weight excluding hydrogens is 356 g/mol. The van der Waals surface area contributed by atoms with Gasteiger partial charge < -0.3 is 9.47 Å². The van der Waals surface area contributed by atoms with Crippen molar-refractivity contribution in [3.63, 3.8) is 0 Å². The molecule has 1 aliphatic heterocycles. The Hall–Kier alpha value is -3.28. The average molecular weight is 378 g/mol. The van der Waals surface area contributed by atoms with Gasteiger partial charge in [0.1, 0.15) is 5.75 Å². The van der Waals surface area contributed by atoms with E-state index in [4.69, 9.17) is 9.47 Å². The van der Waals surface area contributed by atoms with Crippen molar-refractivity contribution in [3.8, 4) is 5.75 Å². The number of amides is 1. The number of benzene rings is 2. The fourth-order valence-corrected chi connectivity index (χ4v) is 3.15. The van der Waals surface area contributed by atoms with Crippen LogP contribution in [0.3, 0.4) is 0 Å².